The molecule has 43 heavy (non-hydrogen) atoms. The lowest BCUT2D eigenvalue weighted by Gasteiger charge is -2.43. The van der Waals surface area contributed by atoms with Crippen molar-refractivity contribution in [3.05, 3.63) is 53.5 Å². The molecule has 1 aromatic carbocycles. The summed E-state index contributed by atoms with van der Waals surface area (Å²) in [5, 5.41) is 12.9. The largest absolute Gasteiger partial charge is 0.378 e. The number of aryl methyl sites for hydroxylation is 1. The number of carbonyl (C=O) groups excluding carboxylic acids is 1. The Kier molecular flexibility index (Phi) is 8.50. The van der Waals surface area contributed by atoms with Crippen LogP contribution >= 0.6 is 0 Å². The van der Waals surface area contributed by atoms with Gasteiger partial charge in [-0.3, -0.25) is 4.79 Å². The fourth-order valence-corrected chi connectivity index (χ4v) is 7.38. The molecular formula is C32H41FN8O2. The summed E-state index contributed by atoms with van der Waals surface area (Å²) in [6.45, 7) is 7.62. The minimum absolute atomic E-state index is 0.0223. The summed E-state index contributed by atoms with van der Waals surface area (Å²) < 4.78 is 20.1. The smallest absolute Gasteiger partial charge is 0.246 e. The van der Waals surface area contributed by atoms with E-state index in [0.717, 1.165) is 68.0 Å². The number of aromatic nitrogens is 2. The topological polar surface area (TPSA) is 101 Å². The van der Waals surface area contributed by atoms with Crippen LogP contribution in [0.1, 0.15) is 36.1 Å². The Morgan fingerprint density at radius 2 is 2.07 bits per heavy atom. The Bertz CT molecular complexity index is 1400. The summed E-state index contributed by atoms with van der Waals surface area (Å²) in [5.74, 6) is 1.24. The van der Waals surface area contributed by atoms with E-state index in [4.69, 9.17) is 14.7 Å². The van der Waals surface area contributed by atoms with E-state index < -0.39 is 0 Å². The lowest BCUT2D eigenvalue weighted by Crippen LogP contribution is -2.55. The molecule has 4 heterocycles. The Morgan fingerprint density at radius 1 is 1.21 bits per heavy atom. The fourth-order valence-electron chi connectivity index (χ4n) is 7.38. The maximum Gasteiger partial charge on any atom is 0.246 e. The van der Waals surface area contributed by atoms with Crippen LogP contribution in [0.25, 0.3) is 0 Å². The summed E-state index contributed by atoms with van der Waals surface area (Å²) in [7, 11) is 3.68. The fraction of sp³-hybridized carbons (Fsp3) is 0.562. The number of fused-ring (bicyclic) bond motifs is 2. The molecule has 0 saturated carbocycles. The van der Waals surface area contributed by atoms with E-state index in [0.29, 0.717) is 32.1 Å². The maximum absolute atomic E-state index is 14.3. The number of benzene rings is 1. The number of anilines is 3. The van der Waals surface area contributed by atoms with E-state index in [-0.39, 0.29) is 42.4 Å². The minimum Gasteiger partial charge on any atom is -0.378 e. The molecule has 4 atom stereocenters. The molecule has 0 spiro atoms. The van der Waals surface area contributed by atoms with Crippen molar-refractivity contribution in [2.75, 3.05) is 68.1 Å². The minimum atomic E-state index is -0.243. The Labute approximate surface area is 253 Å². The number of hydrogen-bond acceptors (Lipinski definition) is 9. The number of nitrogens with zero attached hydrogens (tertiary/aromatic N) is 7. The standard InChI is InChI=1S/C32H41FN8O2/c1-4-30(42)41-15-14-38(18-24(41)11-12-34)31-25-10-9-23(40-13-5-6-21-7-8-22(33)16-28(21)40)17-26(25)36-32(37-31)39-19-27(35-2)29(20-39)43-3/h4,7-8,16,23-24,27,29,35H,1,5-6,9-11,13-15,17-20H2,2-3H3. The first kappa shape index (κ1) is 29.3. The van der Waals surface area contributed by atoms with Gasteiger partial charge in [0.2, 0.25) is 11.9 Å². The molecule has 1 amide bonds. The molecular weight excluding hydrogens is 547 g/mol. The molecule has 1 aliphatic carbocycles. The summed E-state index contributed by atoms with van der Waals surface area (Å²) in [6, 6.07) is 7.58. The van der Waals surface area contributed by atoms with E-state index in [9.17, 15) is 14.4 Å². The molecule has 0 radical (unpaired) electrons. The van der Waals surface area contributed by atoms with Crippen LogP contribution in [0.4, 0.5) is 21.8 Å². The Balaban J connectivity index is 1.35. The van der Waals surface area contributed by atoms with E-state index in [1.165, 1.54) is 11.6 Å². The van der Waals surface area contributed by atoms with Gasteiger partial charge in [-0.05, 0) is 56.5 Å². The van der Waals surface area contributed by atoms with Crippen LogP contribution in [0.5, 0.6) is 0 Å². The molecule has 4 unspecified atom stereocenters. The van der Waals surface area contributed by atoms with Gasteiger partial charge in [0, 0.05) is 70.1 Å². The zero-order chi connectivity index (χ0) is 30.1. The van der Waals surface area contributed by atoms with E-state index >= 15 is 0 Å². The number of halogens is 1. The number of ether oxygens (including phenoxy) is 1. The predicted octanol–water partition coefficient (Wildman–Crippen LogP) is 2.47. The van der Waals surface area contributed by atoms with E-state index in [1.54, 1.807) is 24.1 Å². The first-order valence-electron chi connectivity index (χ1n) is 15.4. The van der Waals surface area contributed by atoms with Crippen molar-refractivity contribution in [1.82, 2.24) is 20.2 Å². The molecule has 10 nitrogen and oxygen atoms in total. The first-order chi connectivity index (χ1) is 20.9. The average molecular weight is 589 g/mol. The first-order valence-corrected chi connectivity index (χ1v) is 15.4. The highest BCUT2D eigenvalue weighted by molar-refractivity contribution is 5.87. The van der Waals surface area contributed by atoms with Gasteiger partial charge in [-0.25, -0.2) is 9.37 Å². The predicted molar refractivity (Wildman–Crippen MR) is 164 cm³/mol. The number of piperazine rings is 1. The van der Waals surface area contributed by atoms with Crippen LogP contribution in [0, 0.1) is 17.1 Å². The Hall–Kier alpha value is -3.75. The van der Waals surface area contributed by atoms with Crippen molar-refractivity contribution in [1.29, 1.82) is 5.26 Å². The molecule has 1 aromatic heterocycles. The van der Waals surface area contributed by atoms with Crippen LogP contribution in [0.2, 0.25) is 0 Å². The second-order valence-electron chi connectivity index (χ2n) is 12.0. The van der Waals surface area contributed by atoms with Crippen LogP contribution in [-0.2, 0) is 28.8 Å². The number of likely N-dealkylation sites (N-methyl/N-ethyl adjacent to an activating group) is 1. The van der Waals surface area contributed by atoms with Gasteiger partial charge in [0.05, 0.1) is 36.4 Å². The number of nitriles is 1. The molecule has 6 rings (SSSR count). The lowest BCUT2D eigenvalue weighted by molar-refractivity contribution is -0.128. The number of methoxy groups -OCH3 is 1. The second kappa shape index (κ2) is 12.5. The molecule has 228 valence electrons. The number of hydrogen-bond donors (Lipinski definition) is 1. The Morgan fingerprint density at radius 3 is 2.81 bits per heavy atom. The second-order valence-corrected chi connectivity index (χ2v) is 12.0. The maximum atomic E-state index is 14.3. The number of nitrogens with one attached hydrogen (secondary N) is 1. The SMILES string of the molecule is C=CC(=O)N1CCN(c2nc(N3CC(NC)C(OC)C3)nc3c2CCC(N2CCCc4ccc(F)cc42)C3)CC1CC#N. The summed E-state index contributed by atoms with van der Waals surface area (Å²) in [6.07, 6.45) is 6.10. The van der Waals surface area contributed by atoms with Crippen LogP contribution < -0.4 is 20.0 Å². The molecule has 11 heteroatoms. The third-order valence-electron chi connectivity index (χ3n) is 9.65. The third-order valence-corrected chi connectivity index (χ3v) is 9.65. The normalized spacial score (nSPS) is 25.3. The summed E-state index contributed by atoms with van der Waals surface area (Å²) in [4.78, 5) is 31.5. The zero-order valence-corrected chi connectivity index (χ0v) is 25.1. The molecule has 2 fully saturated rings. The molecule has 2 aromatic rings. The molecule has 0 bridgehead atoms. The summed E-state index contributed by atoms with van der Waals surface area (Å²) >= 11 is 0. The van der Waals surface area contributed by atoms with E-state index in [2.05, 4.69) is 32.7 Å². The molecule has 1 N–H and O–H groups in total. The van der Waals surface area contributed by atoms with Gasteiger partial charge >= 0.3 is 0 Å². The lowest BCUT2D eigenvalue weighted by atomic mass is 9.88. The highest BCUT2D eigenvalue weighted by Crippen LogP contribution is 2.37. The van der Waals surface area contributed by atoms with Crippen molar-refractivity contribution in [3.63, 3.8) is 0 Å². The highest BCUT2D eigenvalue weighted by atomic mass is 19.1. The zero-order valence-electron chi connectivity index (χ0n) is 25.1. The van der Waals surface area contributed by atoms with Crippen molar-refractivity contribution < 1.29 is 13.9 Å². The quantitative estimate of drug-likeness (QED) is 0.489. The molecule has 3 aliphatic heterocycles. The summed E-state index contributed by atoms with van der Waals surface area (Å²) in [5.41, 5.74) is 4.39. The van der Waals surface area contributed by atoms with Gasteiger partial charge in [-0.1, -0.05) is 12.6 Å². The number of carbonyl (C=O) groups is 1. The van der Waals surface area contributed by atoms with Crippen molar-refractivity contribution in [2.45, 2.75) is 62.8 Å². The number of amides is 1. The van der Waals surface area contributed by atoms with Crippen LogP contribution in [-0.4, -0.2) is 98.4 Å². The van der Waals surface area contributed by atoms with Gasteiger partial charge < -0.3 is 29.7 Å². The third kappa shape index (κ3) is 5.66. The van der Waals surface area contributed by atoms with Crippen molar-refractivity contribution >= 4 is 23.4 Å². The molecule has 4 aliphatic rings. The average Bonchev–Trinajstić information content (AvgIpc) is 3.47. The van der Waals surface area contributed by atoms with Crippen molar-refractivity contribution in [2.24, 2.45) is 0 Å². The van der Waals surface area contributed by atoms with E-state index in [1.807, 2.05) is 13.1 Å². The van der Waals surface area contributed by atoms with Gasteiger partial charge in [0.1, 0.15) is 11.6 Å². The van der Waals surface area contributed by atoms with Gasteiger partial charge in [0.15, 0.2) is 0 Å². The van der Waals surface area contributed by atoms with Crippen LogP contribution in [0.15, 0.2) is 30.9 Å². The van der Waals surface area contributed by atoms with Crippen molar-refractivity contribution in [3.8, 4) is 6.07 Å². The highest BCUT2D eigenvalue weighted by Gasteiger charge is 2.38. The van der Waals surface area contributed by atoms with Gasteiger partial charge in [-0.15, -0.1) is 0 Å². The van der Waals surface area contributed by atoms with Gasteiger partial charge in [-0.2, -0.15) is 10.2 Å². The number of rotatable bonds is 7. The molecule has 2 saturated heterocycles. The van der Waals surface area contributed by atoms with Gasteiger partial charge in [0.25, 0.3) is 0 Å². The van der Waals surface area contributed by atoms with Crippen LogP contribution in [0.3, 0.4) is 0 Å². The monoisotopic (exact) mass is 588 g/mol.